The second-order valence-corrected chi connectivity index (χ2v) is 9.81. The summed E-state index contributed by atoms with van der Waals surface area (Å²) in [6.45, 7) is 4.22. The summed E-state index contributed by atoms with van der Waals surface area (Å²) >= 11 is 0. The van der Waals surface area contributed by atoms with Crippen molar-refractivity contribution in [3.63, 3.8) is 0 Å². The second kappa shape index (κ2) is 26.5. The van der Waals surface area contributed by atoms with Crippen LogP contribution < -0.4 is 5.32 Å². The largest absolute Gasteiger partial charge is 0.394 e. The Labute approximate surface area is 211 Å². The van der Waals surface area contributed by atoms with Crippen molar-refractivity contribution in [1.29, 1.82) is 0 Å². The maximum Gasteiger partial charge on any atom is 0.220 e. The van der Waals surface area contributed by atoms with E-state index in [1.54, 1.807) is 6.08 Å². The molecule has 0 saturated heterocycles. The molecule has 1 amide bonds. The molecule has 2 unspecified atom stereocenters. The van der Waals surface area contributed by atoms with Crippen molar-refractivity contribution >= 4 is 5.91 Å². The SMILES string of the molecule is CCCC/C=C\CCCCCCC(=O)NC(CO)C(O)/C=C/CCCCCCCCCCCC. The lowest BCUT2D eigenvalue weighted by molar-refractivity contribution is -0.123. The van der Waals surface area contributed by atoms with Gasteiger partial charge in [0.2, 0.25) is 5.91 Å². The average molecular weight is 480 g/mol. The summed E-state index contributed by atoms with van der Waals surface area (Å²) in [5.74, 6) is -0.0827. The van der Waals surface area contributed by atoms with Gasteiger partial charge in [0.15, 0.2) is 0 Å². The number of carbonyl (C=O) groups excluding carboxylic acids is 1. The molecular formula is C30H57NO3. The van der Waals surface area contributed by atoms with Crippen LogP contribution in [-0.2, 0) is 4.79 Å². The smallest absolute Gasteiger partial charge is 0.220 e. The van der Waals surface area contributed by atoms with E-state index in [4.69, 9.17) is 0 Å². The highest BCUT2D eigenvalue weighted by Crippen LogP contribution is 2.12. The van der Waals surface area contributed by atoms with E-state index in [1.807, 2.05) is 6.08 Å². The molecule has 0 radical (unpaired) electrons. The molecule has 0 spiro atoms. The second-order valence-electron chi connectivity index (χ2n) is 9.81. The Kier molecular flexibility index (Phi) is 25.6. The van der Waals surface area contributed by atoms with Gasteiger partial charge in [-0.1, -0.05) is 122 Å². The van der Waals surface area contributed by atoms with Gasteiger partial charge in [0.1, 0.15) is 0 Å². The molecule has 0 aliphatic rings. The first-order valence-electron chi connectivity index (χ1n) is 14.6. The maximum atomic E-state index is 12.2. The number of amides is 1. The Balaban J connectivity index is 3.73. The summed E-state index contributed by atoms with van der Waals surface area (Å²) in [6, 6.07) is -0.621. The molecule has 0 aliphatic carbocycles. The highest BCUT2D eigenvalue weighted by Gasteiger charge is 2.17. The van der Waals surface area contributed by atoms with Crippen molar-refractivity contribution in [3.05, 3.63) is 24.3 Å². The lowest BCUT2D eigenvalue weighted by Gasteiger charge is -2.20. The van der Waals surface area contributed by atoms with Crippen LogP contribution >= 0.6 is 0 Å². The average Bonchev–Trinajstić information content (AvgIpc) is 2.84. The minimum Gasteiger partial charge on any atom is -0.394 e. The summed E-state index contributed by atoms with van der Waals surface area (Å²) in [4.78, 5) is 12.2. The lowest BCUT2D eigenvalue weighted by Crippen LogP contribution is -2.45. The van der Waals surface area contributed by atoms with Crippen LogP contribution in [0.2, 0.25) is 0 Å². The van der Waals surface area contributed by atoms with E-state index in [2.05, 4.69) is 31.3 Å². The molecule has 0 aromatic rings. The Bertz CT molecular complexity index is 489. The Morgan fingerprint density at radius 3 is 1.71 bits per heavy atom. The first-order valence-corrected chi connectivity index (χ1v) is 14.6. The van der Waals surface area contributed by atoms with Crippen molar-refractivity contribution in [2.24, 2.45) is 0 Å². The predicted octanol–water partition coefficient (Wildman–Crippen LogP) is 7.78. The third-order valence-corrected chi connectivity index (χ3v) is 6.43. The van der Waals surface area contributed by atoms with Crippen LogP contribution in [0.25, 0.3) is 0 Å². The molecule has 200 valence electrons. The van der Waals surface area contributed by atoms with Crippen molar-refractivity contribution in [3.8, 4) is 0 Å². The van der Waals surface area contributed by atoms with Crippen molar-refractivity contribution in [2.75, 3.05) is 6.61 Å². The molecule has 0 aliphatic heterocycles. The molecule has 0 heterocycles. The molecule has 0 bridgehead atoms. The van der Waals surface area contributed by atoms with Crippen LogP contribution in [0.5, 0.6) is 0 Å². The summed E-state index contributed by atoms with van der Waals surface area (Å²) in [5, 5.41) is 22.7. The van der Waals surface area contributed by atoms with Crippen molar-refractivity contribution in [1.82, 2.24) is 5.32 Å². The zero-order valence-corrected chi connectivity index (χ0v) is 22.6. The van der Waals surface area contributed by atoms with Gasteiger partial charge in [-0.2, -0.15) is 0 Å². The Hall–Kier alpha value is -1.13. The Morgan fingerprint density at radius 1 is 0.676 bits per heavy atom. The van der Waals surface area contributed by atoms with Gasteiger partial charge in [-0.3, -0.25) is 4.79 Å². The van der Waals surface area contributed by atoms with E-state index < -0.39 is 12.1 Å². The first kappa shape index (κ1) is 32.9. The van der Waals surface area contributed by atoms with E-state index in [0.29, 0.717) is 6.42 Å². The lowest BCUT2D eigenvalue weighted by atomic mass is 10.1. The van der Waals surface area contributed by atoms with E-state index in [0.717, 1.165) is 38.5 Å². The summed E-state index contributed by atoms with van der Waals surface area (Å²) in [5.41, 5.74) is 0. The van der Waals surface area contributed by atoms with Crippen LogP contribution in [0.1, 0.15) is 142 Å². The highest BCUT2D eigenvalue weighted by atomic mass is 16.3. The van der Waals surface area contributed by atoms with Crippen molar-refractivity contribution < 1.29 is 15.0 Å². The van der Waals surface area contributed by atoms with Gasteiger partial charge in [-0.15, -0.1) is 0 Å². The molecule has 0 fully saturated rings. The monoisotopic (exact) mass is 479 g/mol. The zero-order valence-electron chi connectivity index (χ0n) is 22.6. The molecular weight excluding hydrogens is 422 g/mol. The van der Waals surface area contributed by atoms with E-state index in [9.17, 15) is 15.0 Å². The number of rotatable bonds is 25. The molecule has 2 atom stereocenters. The number of hydrogen-bond donors (Lipinski definition) is 3. The van der Waals surface area contributed by atoms with Crippen molar-refractivity contribution in [2.45, 2.75) is 154 Å². The summed E-state index contributed by atoms with van der Waals surface area (Å²) in [6.07, 6.45) is 31.0. The van der Waals surface area contributed by atoms with Gasteiger partial charge in [0.25, 0.3) is 0 Å². The van der Waals surface area contributed by atoms with Crippen LogP contribution in [0.3, 0.4) is 0 Å². The fraction of sp³-hybridized carbons (Fsp3) is 0.833. The molecule has 3 N–H and O–H groups in total. The first-order chi connectivity index (χ1) is 16.7. The normalized spacial score (nSPS) is 13.6. The van der Waals surface area contributed by atoms with Gasteiger partial charge in [0.05, 0.1) is 18.8 Å². The van der Waals surface area contributed by atoms with Crippen LogP contribution in [0.15, 0.2) is 24.3 Å². The minimum atomic E-state index is -0.837. The predicted molar refractivity (Wildman–Crippen MR) is 147 cm³/mol. The summed E-state index contributed by atoms with van der Waals surface area (Å²) in [7, 11) is 0. The molecule has 0 aromatic carbocycles. The fourth-order valence-corrected chi connectivity index (χ4v) is 4.10. The molecule has 0 rings (SSSR count). The third kappa shape index (κ3) is 22.7. The minimum absolute atomic E-state index is 0.0827. The molecule has 4 nitrogen and oxygen atoms in total. The third-order valence-electron chi connectivity index (χ3n) is 6.43. The van der Waals surface area contributed by atoms with Crippen LogP contribution in [0.4, 0.5) is 0 Å². The number of aliphatic hydroxyl groups excluding tert-OH is 2. The zero-order chi connectivity index (χ0) is 25.1. The van der Waals surface area contributed by atoms with Gasteiger partial charge in [-0.25, -0.2) is 0 Å². The summed E-state index contributed by atoms with van der Waals surface area (Å²) < 4.78 is 0. The fourth-order valence-electron chi connectivity index (χ4n) is 4.10. The van der Waals surface area contributed by atoms with E-state index in [1.165, 1.54) is 83.5 Å². The van der Waals surface area contributed by atoms with E-state index in [-0.39, 0.29) is 12.5 Å². The van der Waals surface area contributed by atoms with Crippen LogP contribution in [-0.4, -0.2) is 34.9 Å². The molecule has 4 heteroatoms. The van der Waals surface area contributed by atoms with Gasteiger partial charge < -0.3 is 15.5 Å². The quantitative estimate of drug-likeness (QED) is 0.0924. The molecule has 0 aromatic heterocycles. The number of aliphatic hydroxyl groups is 2. The topological polar surface area (TPSA) is 69.6 Å². The number of hydrogen-bond acceptors (Lipinski definition) is 3. The number of carbonyl (C=O) groups is 1. The number of nitrogens with one attached hydrogen (secondary N) is 1. The highest BCUT2D eigenvalue weighted by molar-refractivity contribution is 5.76. The number of unbranched alkanes of at least 4 members (excludes halogenated alkanes) is 16. The molecule has 0 saturated carbocycles. The maximum absolute atomic E-state index is 12.2. The number of allylic oxidation sites excluding steroid dienone is 3. The van der Waals surface area contributed by atoms with Gasteiger partial charge >= 0.3 is 0 Å². The van der Waals surface area contributed by atoms with Gasteiger partial charge in [0, 0.05) is 6.42 Å². The van der Waals surface area contributed by atoms with Gasteiger partial charge in [-0.05, 0) is 38.5 Å². The Morgan fingerprint density at radius 2 is 1.15 bits per heavy atom. The van der Waals surface area contributed by atoms with Crippen LogP contribution in [0, 0.1) is 0 Å². The standard InChI is InChI=1S/C30H57NO3/c1-3-5-7-9-11-13-15-16-17-19-21-23-25-29(33)28(27-32)31-30(34)26-24-22-20-18-14-12-10-8-6-4-2/h10,12,23,25,28-29,32-33H,3-9,11,13-22,24,26-27H2,1-2H3,(H,31,34)/b12-10-,25-23+. The van der Waals surface area contributed by atoms with E-state index >= 15 is 0 Å². The molecule has 34 heavy (non-hydrogen) atoms.